The molecule has 0 saturated heterocycles. The molecule has 2 N–H and O–H groups in total. The van der Waals surface area contributed by atoms with Crippen molar-refractivity contribution >= 4 is 0 Å². The Morgan fingerprint density at radius 2 is 2.07 bits per heavy atom. The van der Waals surface area contributed by atoms with E-state index < -0.39 is 5.60 Å². The van der Waals surface area contributed by atoms with Crippen LogP contribution in [0.2, 0.25) is 0 Å². The zero-order valence-electron chi connectivity index (χ0n) is 8.83. The molecular formula is C11H18N2O. The van der Waals surface area contributed by atoms with E-state index in [1.165, 1.54) is 0 Å². The maximum Gasteiger partial charge on any atom is 0.0783 e. The van der Waals surface area contributed by atoms with E-state index in [2.05, 4.69) is 10.3 Å². The summed E-state index contributed by atoms with van der Waals surface area (Å²) in [5, 5.41) is 13.2. The second-order valence-corrected chi connectivity index (χ2v) is 3.81. The summed E-state index contributed by atoms with van der Waals surface area (Å²) in [6.07, 6.45) is 4.15. The van der Waals surface area contributed by atoms with Crippen molar-refractivity contribution in [3.05, 3.63) is 30.1 Å². The summed E-state index contributed by atoms with van der Waals surface area (Å²) in [7, 11) is 0. The topological polar surface area (TPSA) is 45.1 Å². The van der Waals surface area contributed by atoms with Gasteiger partial charge in [0.1, 0.15) is 0 Å². The molecule has 1 aromatic heterocycles. The van der Waals surface area contributed by atoms with Gasteiger partial charge in [0.05, 0.1) is 5.60 Å². The van der Waals surface area contributed by atoms with Gasteiger partial charge in [-0.3, -0.25) is 4.98 Å². The molecule has 0 spiro atoms. The summed E-state index contributed by atoms with van der Waals surface area (Å²) < 4.78 is 0. The Bertz CT molecular complexity index is 259. The van der Waals surface area contributed by atoms with Crippen LogP contribution < -0.4 is 5.32 Å². The minimum Gasteiger partial charge on any atom is -0.389 e. The molecule has 0 aliphatic carbocycles. The summed E-state index contributed by atoms with van der Waals surface area (Å²) in [6.45, 7) is 5.37. The van der Waals surface area contributed by atoms with Gasteiger partial charge in [0.25, 0.3) is 0 Å². The third-order valence-corrected chi connectivity index (χ3v) is 2.09. The summed E-state index contributed by atoms with van der Waals surface area (Å²) in [4.78, 5) is 3.94. The number of aromatic nitrogens is 1. The Morgan fingerprint density at radius 1 is 1.43 bits per heavy atom. The van der Waals surface area contributed by atoms with Gasteiger partial charge >= 0.3 is 0 Å². The molecule has 14 heavy (non-hydrogen) atoms. The normalized spacial score (nSPS) is 15.1. The zero-order chi connectivity index (χ0) is 10.4. The molecule has 1 heterocycles. The molecule has 1 unspecified atom stereocenters. The number of aliphatic hydroxyl groups is 1. The van der Waals surface area contributed by atoms with E-state index in [0.717, 1.165) is 12.1 Å². The third-order valence-electron chi connectivity index (χ3n) is 2.09. The highest BCUT2D eigenvalue weighted by atomic mass is 16.3. The van der Waals surface area contributed by atoms with Crippen molar-refractivity contribution in [1.29, 1.82) is 0 Å². The summed E-state index contributed by atoms with van der Waals surface area (Å²) in [6, 6.07) is 3.86. The van der Waals surface area contributed by atoms with Gasteiger partial charge < -0.3 is 10.4 Å². The Hall–Kier alpha value is -0.930. The van der Waals surface area contributed by atoms with E-state index in [9.17, 15) is 5.11 Å². The third kappa shape index (κ3) is 3.85. The monoisotopic (exact) mass is 194 g/mol. The van der Waals surface area contributed by atoms with E-state index in [0.29, 0.717) is 13.0 Å². The average Bonchev–Trinajstić information content (AvgIpc) is 2.16. The molecule has 0 amide bonds. The van der Waals surface area contributed by atoms with Crippen LogP contribution in [0.5, 0.6) is 0 Å². The maximum absolute atomic E-state index is 10.0. The van der Waals surface area contributed by atoms with E-state index in [1.54, 1.807) is 12.4 Å². The molecular weight excluding hydrogens is 176 g/mol. The molecule has 3 nitrogen and oxygen atoms in total. The van der Waals surface area contributed by atoms with Crippen LogP contribution in [-0.2, 0) is 6.42 Å². The summed E-state index contributed by atoms with van der Waals surface area (Å²) in [5.41, 5.74) is 0.431. The van der Waals surface area contributed by atoms with Crippen LogP contribution in [0, 0.1) is 0 Å². The number of rotatable bonds is 5. The van der Waals surface area contributed by atoms with Gasteiger partial charge in [0, 0.05) is 25.4 Å². The Balaban J connectivity index is 2.50. The fourth-order valence-electron chi connectivity index (χ4n) is 1.40. The van der Waals surface area contributed by atoms with E-state index in [4.69, 9.17) is 0 Å². The molecule has 0 aliphatic heterocycles. The van der Waals surface area contributed by atoms with Crippen LogP contribution in [0.1, 0.15) is 19.4 Å². The highest BCUT2D eigenvalue weighted by Crippen LogP contribution is 2.11. The standard InChI is InChI=1S/C11H18N2O/c1-3-12-9-11(2,14)8-10-4-6-13-7-5-10/h4-7,12,14H,3,8-9H2,1-2H3. The number of hydrogen-bond acceptors (Lipinski definition) is 3. The molecule has 3 heteroatoms. The van der Waals surface area contributed by atoms with Crippen LogP contribution in [0.3, 0.4) is 0 Å². The van der Waals surface area contributed by atoms with Crippen LogP contribution in [-0.4, -0.2) is 28.8 Å². The lowest BCUT2D eigenvalue weighted by atomic mass is 9.97. The summed E-state index contributed by atoms with van der Waals surface area (Å²) in [5.74, 6) is 0. The minimum atomic E-state index is -0.683. The van der Waals surface area contributed by atoms with Gasteiger partial charge in [-0.05, 0) is 31.2 Å². The van der Waals surface area contributed by atoms with Crippen LogP contribution in [0.15, 0.2) is 24.5 Å². The van der Waals surface area contributed by atoms with Crippen LogP contribution in [0.25, 0.3) is 0 Å². The van der Waals surface area contributed by atoms with Crippen molar-refractivity contribution in [2.45, 2.75) is 25.9 Å². The Kier molecular flexibility index (Phi) is 4.04. The molecule has 1 atom stereocenters. The predicted molar refractivity (Wildman–Crippen MR) is 57.1 cm³/mol. The van der Waals surface area contributed by atoms with Gasteiger partial charge in [-0.25, -0.2) is 0 Å². The molecule has 0 aliphatic rings. The number of nitrogens with zero attached hydrogens (tertiary/aromatic N) is 1. The lowest BCUT2D eigenvalue weighted by Crippen LogP contribution is -2.39. The number of pyridine rings is 1. The Labute approximate surface area is 85.2 Å². The first-order valence-electron chi connectivity index (χ1n) is 4.96. The largest absolute Gasteiger partial charge is 0.389 e. The number of likely N-dealkylation sites (N-methyl/N-ethyl adjacent to an activating group) is 1. The van der Waals surface area contributed by atoms with Crippen LogP contribution in [0.4, 0.5) is 0 Å². The van der Waals surface area contributed by atoms with Crippen LogP contribution >= 0.6 is 0 Å². The van der Waals surface area contributed by atoms with E-state index in [-0.39, 0.29) is 0 Å². The van der Waals surface area contributed by atoms with Gasteiger partial charge in [0.15, 0.2) is 0 Å². The molecule has 0 aromatic carbocycles. The van der Waals surface area contributed by atoms with Crippen molar-refractivity contribution < 1.29 is 5.11 Å². The second kappa shape index (κ2) is 5.08. The van der Waals surface area contributed by atoms with Gasteiger partial charge in [-0.1, -0.05) is 6.92 Å². The number of nitrogens with one attached hydrogen (secondary N) is 1. The fourth-order valence-corrected chi connectivity index (χ4v) is 1.40. The van der Waals surface area contributed by atoms with Crippen molar-refractivity contribution in [3.63, 3.8) is 0 Å². The molecule has 1 aromatic rings. The quantitative estimate of drug-likeness (QED) is 0.734. The van der Waals surface area contributed by atoms with Gasteiger partial charge in [-0.15, -0.1) is 0 Å². The van der Waals surface area contributed by atoms with E-state index in [1.807, 2.05) is 26.0 Å². The molecule has 0 radical (unpaired) electrons. The van der Waals surface area contributed by atoms with Crippen molar-refractivity contribution in [2.24, 2.45) is 0 Å². The fraction of sp³-hybridized carbons (Fsp3) is 0.545. The van der Waals surface area contributed by atoms with Crippen molar-refractivity contribution in [3.8, 4) is 0 Å². The first kappa shape index (κ1) is 11.1. The summed E-state index contributed by atoms with van der Waals surface area (Å²) >= 11 is 0. The maximum atomic E-state index is 10.0. The van der Waals surface area contributed by atoms with Gasteiger partial charge in [-0.2, -0.15) is 0 Å². The van der Waals surface area contributed by atoms with E-state index >= 15 is 0 Å². The zero-order valence-corrected chi connectivity index (χ0v) is 8.83. The number of hydrogen-bond donors (Lipinski definition) is 2. The Morgan fingerprint density at radius 3 is 2.64 bits per heavy atom. The highest BCUT2D eigenvalue weighted by Gasteiger charge is 2.19. The molecule has 0 bridgehead atoms. The molecule has 78 valence electrons. The molecule has 0 fully saturated rings. The lowest BCUT2D eigenvalue weighted by Gasteiger charge is -2.23. The lowest BCUT2D eigenvalue weighted by molar-refractivity contribution is 0.0607. The molecule has 1 rings (SSSR count). The van der Waals surface area contributed by atoms with Crippen molar-refractivity contribution in [1.82, 2.24) is 10.3 Å². The molecule has 0 saturated carbocycles. The minimum absolute atomic E-state index is 0.617. The van der Waals surface area contributed by atoms with Gasteiger partial charge in [0.2, 0.25) is 0 Å². The second-order valence-electron chi connectivity index (χ2n) is 3.81. The van der Waals surface area contributed by atoms with Crippen molar-refractivity contribution in [2.75, 3.05) is 13.1 Å². The predicted octanol–water partition coefficient (Wildman–Crippen LogP) is 0.985. The smallest absolute Gasteiger partial charge is 0.0783 e. The first-order chi connectivity index (χ1) is 6.64. The average molecular weight is 194 g/mol. The highest BCUT2D eigenvalue weighted by molar-refractivity contribution is 5.12. The first-order valence-corrected chi connectivity index (χ1v) is 4.96. The SMILES string of the molecule is CCNCC(C)(O)Cc1ccncc1.